The fourth-order valence-electron chi connectivity index (χ4n) is 3.69. The molecule has 3 N–H and O–H groups in total. The molecule has 0 spiro atoms. The van der Waals surface area contributed by atoms with Gasteiger partial charge in [0.1, 0.15) is 0 Å². The first-order valence-corrected chi connectivity index (χ1v) is 9.94. The number of aliphatic hydroxyl groups is 1. The SMILES string of the molecule is CCNC(=NCCCN1CCC(O)CC1)NC1CCC(C)(C)CC1.I. The Bertz CT molecular complexity index is 385. The molecule has 1 heterocycles. The molecule has 2 rings (SSSR count). The quantitative estimate of drug-likeness (QED) is 0.244. The van der Waals surface area contributed by atoms with Crippen molar-refractivity contribution in [3.8, 4) is 0 Å². The lowest BCUT2D eigenvalue weighted by Gasteiger charge is -2.35. The Morgan fingerprint density at radius 3 is 2.40 bits per heavy atom. The Hall–Kier alpha value is -0.0800. The maximum atomic E-state index is 9.55. The number of piperidine rings is 1. The van der Waals surface area contributed by atoms with Crippen molar-refractivity contribution >= 4 is 29.9 Å². The van der Waals surface area contributed by atoms with Crippen LogP contribution in [0.5, 0.6) is 0 Å². The largest absolute Gasteiger partial charge is 0.393 e. The van der Waals surface area contributed by atoms with Crippen LogP contribution in [-0.2, 0) is 0 Å². The number of nitrogens with one attached hydrogen (secondary N) is 2. The highest BCUT2D eigenvalue weighted by Gasteiger charge is 2.27. The highest BCUT2D eigenvalue weighted by molar-refractivity contribution is 14.0. The van der Waals surface area contributed by atoms with Crippen molar-refractivity contribution in [2.75, 3.05) is 32.7 Å². The number of nitrogens with zero attached hydrogens (tertiary/aromatic N) is 2. The fraction of sp³-hybridized carbons (Fsp3) is 0.947. The Labute approximate surface area is 171 Å². The summed E-state index contributed by atoms with van der Waals surface area (Å²) in [5, 5.41) is 16.6. The number of likely N-dealkylation sites (tertiary alicyclic amines) is 1. The summed E-state index contributed by atoms with van der Waals surface area (Å²) in [5.74, 6) is 0.983. The molecule has 5 nitrogen and oxygen atoms in total. The van der Waals surface area contributed by atoms with Gasteiger partial charge in [-0.05, 0) is 63.8 Å². The van der Waals surface area contributed by atoms with Gasteiger partial charge in [0.15, 0.2) is 5.96 Å². The van der Waals surface area contributed by atoms with Crippen molar-refractivity contribution in [2.24, 2.45) is 10.4 Å². The monoisotopic (exact) mass is 466 g/mol. The lowest BCUT2D eigenvalue weighted by Crippen LogP contribution is -2.45. The maximum Gasteiger partial charge on any atom is 0.191 e. The molecule has 0 bridgehead atoms. The number of aliphatic hydroxyl groups excluding tert-OH is 1. The predicted octanol–water partition coefficient (Wildman–Crippen LogP) is 2.98. The second kappa shape index (κ2) is 11.6. The van der Waals surface area contributed by atoms with E-state index in [-0.39, 0.29) is 30.1 Å². The van der Waals surface area contributed by atoms with E-state index >= 15 is 0 Å². The van der Waals surface area contributed by atoms with Crippen LogP contribution in [0.2, 0.25) is 0 Å². The zero-order chi connectivity index (χ0) is 17.4. The molecule has 0 amide bonds. The van der Waals surface area contributed by atoms with E-state index < -0.39 is 0 Å². The molecule has 0 aromatic carbocycles. The van der Waals surface area contributed by atoms with E-state index in [9.17, 15) is 5.11 Å². The number of halogens is 1. The van der Waals surface area contributed by atoms with Crippen LogP contribution >= 0.6 is 24.0 Å². The average molecular weight is 466 g/mol. The van der Waals surface area contributed by atoms with Crippen LogP contribution in [0.4, 0.5) is 0 Å². The van der Waals surface area contributed by atoms with Crippen LogP contribution in [0.3, 0.4) is 0 Å². The highest BCUT2D eigenvalue weighted by atomic mass is 127. The number of guanidine groups is 1. The van der Waals surface area contributed by atoms with Crippen LogP contribution in [0.25, 0.3) is 0 Å². The Morgan fingerprint density at radius 2 is 1.80 bits per heavy atom. The van der Waals surface area contributed by atoms with Crippen molar-refractivity contribution in [3.63, 3.8) is 0 Å². The minimum absolute atomic E-state index is 0. The standard InChI is InChI=1S/C19H38N4O.HI/c1-4-20-18(22-16-6-10-19(2,3)11-7-16)21-12-5-13-23-14-8-17(24)9-15-23;/h16-17,24H,4-15H2,1-3H3,(H2,20,21,22);1H. The third kappa shape index (κ3) is 8.91. The van der Waals surface area contributed by atoms with Gasteiger partial charge in [0.05, 0.1) is 6.10 Å². The van der Waals surface area contributed by atoms with E-state index in [1.165, 1.54) is 25.7 Å². The van der Waals surface area contributed by atoms with Gasteiger partial charge in [-0.3, -0.25) is 4.99 Å². The minimum atomic E-state index is -0.0794. The normalized spacial score (nSPS) is 23.1. The van der Waals surface area contributed by atoms with Crippen molar-refractivity contribution in [2.45, 2.75) is 77.9 Å². The van der Waals surface area contributed by atoms with E-state index in [2.05, 4.69) is 36.3 Å². The number of rotatable bonds is 6. The molecular weight excluding hydrogens is 427 g/mol. The summed E-state index contributed by atoms with van der Waals surface area (Å²) in [7, 11) is 0. The zero-order valence-electron chi connectivity index (χ0n) is 16.4. The van der Waals surface area contributed by atoms with Gasteiger partial charge in [-0.25, -0.2) is 0 Å². The molecule has 6 heteroatoms. The zero-order valence-corrected chi connectivity index (χ0v) is 18.7. The molecule has 0 unspecified atom stereocenters. The Balaban J connectivity index is 0.00000312. The van der Waals surface area contributed by atoms with Crippen molar-refractivity contribution in [1.82, 2.24) is 15.5 Å². The minimum Gasteiger partial charge on any atom is -0.393 e. The van der Waals surface area contributed by atoms with Gasteiger partial charge in [-0.1, -0.05) is 13.8 Å². The first-order chi connectivity index (χ1) is 11.5. The average Bonchev–Trinajstić information content (AvgIpc) is 2.55. The molecule has 148 valence electrons. The molecular formula is C19H39IN4O. The number of hydrogen-bond donors (Lipinski definition) is 3. The molecule has 1 saturated heterocycles. The summed E-state index contributed by atoms with van der Waals surface area (Å²) >= 11 is 0. The van der Waals surface area contributed by atoms with E-state index in [4.69, 9.17) is 4.99 Å². The van der Waals surface area contributed by atoms with Gasteiger partial charge < -0.3 is 20.6 Å². The summed E-state index contributed by atoms with van der Waals surface area (Å²) in [6, 6.07) is 0.569. The van der Waals surface area contributed by atoms with Gasteiger partial charge in [-0.15, -0.1) is 24.0 Å². The third-order valence-electron chi connectivity index (χ3n) is 5.48. The van der Waals surface area contributed by atoms with E-state index in [0.717, 1.165) is 57.9 Å². The molecule has 2 fully saturated rings. The van der Waals surface area contributed by atoms with Gasteiger partial charge >= 0.3 is 0 Å². The van der Waals surface area contributed by atoms with Crippen LogP contribution < -0.4 is 10.6 Å². The van der Waals surface area contributed by atoms with Crippen molar-refractivity contribution in [1.29, 1.82) is 0 Å². The van der Waals surface area contributed by atoms with E-state index in [1.807, 2.05) is 0 Å². The Morgan fingerprint density at radius 1 is 1.16 bits per heavy atom. The molecule has 1 saturated carbocycles. The summed E-state index contributed by atoms with van der Waals surface area (Å²) in [4.78, 5) is 7.21. The first-order valence-electron chi connectivity index (χ1n) is 9.94. The molecule has 2 aliphatic rings. The van der Waals surface area contributed by atoms with Gasteiger partial charge in [0, 0.05) is 32.2 Å². The third-order valence-corrected chi connectivity index (χ3v) is 5.48. The second-order valence-corrected chi connectivity index (χ2v) is 8.27. The predicted molar refractivity (Wildman–Crippen MR) is 117 cm³/mol. The Kier molecular flexibility index (Phi) is 10.6. The first kappa shape index (κ1) is 23.0. The smallest absolute Gasteiger partial charge is 0.191 e. The van der Waals surface area contributed by atoms with Crippen molar-refractivity contribution < 1.29 is 5.11 Å². The summed E-state index contributed by atoms with van der Waals surface area (Å²) < 4.78 is 0. The molecule has 0 atom stereocenters. The van der Waals surface area contributed by atoms with Crippen LogP contribution in [-0.4, -0.2) is 60.8 Å². The van der Waals surface area contributed by atoms with E-state index in [0.29, 0.717) is 11.5 Å². The molecule has 0 radical (unpaired) electrons. The topological polar surface area (TPSA) is 59.9 Å². The van der Waals surface area contributed by atoms with E-state index in [1.54, 1.807) is 0 Å². The van der Waals surface area contributed by atoms with Gasteiger partial charge in [-0.2, -0.15) is 0 Å². The fourth-order valence-corrected chi connectivity index (χ4v) is 3.69. The van der Waals surface area contributed by atoms with Crippen LogP contribution in [0.1, 0.15) is 65.7 Å². The van der Waals surface area contributed by atoms with Gasteiger partial charge in [0.2, 0.25) is 0 Å². The van der Waals surface area contributed by atoms with Crippen molar-refractivity contribution in [3.05, 3.63) is 0 Å². The van der Waals surface area contributed by atoms with Crippen LogP contribution in [0.15, 0.2) is 4.99 Å². The molecule has 25 heavy (non-hydrogen) atoms. The highest BCUT2D eigenvalue weighted by Crippen LogP contribution is 2.34. The summed E-state index contributed by atoms with van der Waals surface area (Å²) in [5.41, 5.74) is 0.510. The summed E-state index contributed by atoms with van der Waals surface area (Å²) in [6.45, 7) is 11.8. The van der Waals surface area contributed by atoms with Gasteiger partial charge in [0.25, 0.3) is 0 Å². The lowest BCUT2D eigenvalue weighted by atomic mass is 9.75. The molecule has 1 aliphatic heterocycles. The number of aliphatic imine (C=N–C) groups is 1. The lowest BCUT2D eigenvalue weighted by molar-refractivity contribution is 0.0824. The molecule has 0 aromatic heterocycles. The summed E-state index contributed by atoms with van der Waals surface area (Å²) in [6.07, 6.45) is 7.93. The maximum absolute atomic E-state index is 9.55. The molecule has 1 aliphatic carbocycles. The number of hydrogen-bond acceptors (Lipinski definition) is 3. The molecule has 0 aromatic rings. The second-order valence-electron chi connectivity index (χ2n) is 8.27. The van der Waals surface area contributed by atoms with Crippen LogP contribution in [0, 0.1) is 5.41 Å².